The van der Waals surface area contributed by atoms with E-state index in [1.807, 2.05) is 0 Å². The molecule has 12 aromatic rings. The van der Waals surface area contributed by atoms with Gasteiger partial charge in [-0.1, -0.05) is 193 Å². The van der Waals surface area contributed by atoms with Crippen molar-refractivity contribution in [1.82, 2.24) is 4.57 Å². The fraction of sp³-hybridized carbons (Fsp3) is 0.0448. The Labute approximate surface area is 396 Å². The molecule has 11 aromatic carbocycles. The van der Waals surface area contributed by atoms with Gasteiger partial charge in [0.25, 0.3) is 0 Å². The van der Waals surface area contributed by atoms with Crippen molar-refractivity contribution in [2.75, 3.05) is 0 Å². The zero-order valence-electron chi connectivity index (χ0n) is 38.0. The molecule has 0 saturated carbocycles. The predicted octanol–water partition coefficient (Wildman–Crippen LogP) is 17.6. The molecule has 2 aliphatic carbocycles. The van der Waals surface area contributed by atoms with E-state index in [9.17, 15) is 0 Å². The number of aryl methyl sites for hydroxylation is 2. The number of hydrogen-bond acceptors (Lipinski definition) is 0. The summed E-state index contributed by atoms with van der Waals surface area (Å²) in [6.07, 6.45) is 0. The summed E-state index contributed by atoms with van der Waals surface area (Å²) in [5.74, 6) is 0. The Bertz CT molecular complexity index is 3950. The molecule has 0 amide bonds. The monoisotopic (exact) mass is 863 g/mol. The highest BCUT2D eigenvalue weighted by Gasteiger charge is 2.51. The summed E-state index contributed by atoms with van der Waals surface area (Å²) in [5.41, 5.74) is 26.2. The van der Waals surface area contributed by atoms with Gasteiger partial charge in [-0.2, -0.15) is 0 Å². The van der Waals surface area contributed by atoms with Gasteiger partial charge >= 0.3 is 0 Å². The number of hydrogen-bond donors (Lipinski definition) is 0. The van der Waals surface area contributed by atoms with Crippen molar-refractivity contribution in [3.63, 3.8) is 0 Å². The summed E-state index contributed by atoms with van der Waals surface area (Å²) < 4.78 is 2.47. The van der Waals surface area contributed by atoms with Gasteiger partial charge in [0.05, 0.1) is 16.4 Å². The molecule has 0 aliphatic heterocycles. The van der Waals surface area contributed by atoms with E-state index in [0.717, 1.165) is 5.69 Å². The van der Waals surface area contributed by atoms with Crippen molar-refractivity contribution in [1.29, 1.82) is 0 Å². The smallest absolute Gasteiger partial charge is 0.0725 e. The molecule has 0 bridgehead atoms. The summed E-state index contributed by atoms with van der Waals surface area (Å²) in [6.45, 7) is 4.37. The highest BCUT2D eigenvalue weighted by molar-refractivity contribution is 6.22. The average molecular weight is 864 g/mol. The molecule has 0 fully saturated rings. The topological polar surface area (TPSA) is 4.93 Å². The normalized spacial score (nSPS) is 13.0. The third kappa shape index (κ3) is 5.63. The largest absolute Gasteiger partial charge is 0.309 e. The van der Waals surface area contributed by atoms with Gasteiger partial charge in [-0.3, -0.25) is 0 Å². The number of fused-ring (bicyclic) bond motifs is 15. The Balaban J connectivity index is 0.928. The molecule has 0 unspecified atom stereocenters. The van der Waals surface area contributed by atoms with E-state index >= 15 is 0 Å². The van der Waals surface area contributed by atoms with Crippen molar-refractivity contribution in [2.24, 2.45) is 0 Å². The zero-order valence-corrected chi connectivity index (χ0v) is 38.0. The van der Waals surface area contributed by atoms with Crippen LogP contribution in [-0.4, -0.2) is 4.57 Å². The van der Waals surface area contributed by atoms with Crippen molar-refractivity contribution in [3.8, 4) is 72.4 Å². The second-order valence-corrected chi connectivity index (χ2v) is 19.0. The summed E-state index contributed by atoms with van der Waals surface area (Å²) in [7, 11) is 0. The Morgan fingerprint density at radius 3 is 1.44 bits per heavy atom. The van der Waals surface area contributed by atoms with Crippen LogP contribution in [0.5, 0.6) is 0 Å². The zero-order chi connectivity index (χ0) is 45.1. The molecule has 0 saturated heterocycles. The standard InChI is InChI=1S/C67H45N/c1-42-34-43(2)36-49(35-42)52-38-50(44-14-4-3-5-15-44)37-51(39-52)45-24-29-53(30-25-45)68-64-32-28-47(40-59(64)66-54-17-7-6-16-46(54)27-33-65(66)68)48-26-31-58-57-20-10-13-23-62(57)67(63(58)41-48)60-21-11-8-18-55(60)56-19-9-12-22-61(56)67/h3-41H,1-2H3. The second kappa shape index (κ2) is 14.7. The highest BCUT2D eigenvalue weighted by atomic mass is 15.0. The van der Waals surface area contributed by atoms with E-state index < -0.39 is 0 Å². The second-order valence-electron chi connectivity index (χ2n) is 19.0. The lowest BCUT2D eigenvalue weighted by Crippen LogP contribution is -2.25. The molecule has 0 radical (unpaired) electrons. The first-order valence-corrected chi connectivity index (χ1v) is 23.8. The van der Waals surface area contributed by atoms with Crippen LogP contribution in [-0.2, 0) is 5.41 Å². The highest BCUT2D eigenvalue weighted by Crippen LogP contribution is 2.63. The number of aromatic nitrogens is 1. The van der Waals surface area contributed by atoms with Crippen LogP contribution < -0.4 is 0 Å². The SMILES string of the molecule is Cc1cc(C)cc(-c2cc(-c3ccccc3)cc(-c3ccc(-n4c5ccc(-c6ccc7c(c6)C6(c8ccccc8-c8ccccc86)c6ccccc6-7)cc5c5c6ccccc6ccc54)cc3)c2)c1. The van der Waals surface area contributed by atoms with E-state index in [1.54, 1.807) is 0 Å². The first kappa shape index (κ1) is 38.7. The van der Waals surface area contributed by atoms with Crippen LogP contribution in [0.2, 0.25) is 0 Å². The average Bonchev–Trinajstić information content (AvgIpc) is 4.00. The predicted molar refractivity (Wildman–Crippen MR) is 286 cm³/mol. The van der Waals surface area contributed by atoms with Crippen molar-refractivity contribution < 1.29 is 0 Å². The van der Waals surface area contributed by atoms with Crippen molar-refractivity contribution in [3.05, 3.63) is 270 Å². The van der Waals surface area contributed by atoms with Crippen molar-refractivity contribution >= 4 is 32.6 Å². The molecule has 1 heterocycles. The summed E-state index contributed by atoms with van der Waals surface area (Å²) >= 11 is 0. The molecule has 0 N–H and O–H groups in total. The lowest BCUT2D eigenvalue weighted by Gasteiger charge is -2.30. The van der Waals surface area contributed by atoms with E-state index in [-0.39, 0.29) is 5.41 Å². The lowest BCUT2D eigenvalue weighted by molar-refractivity contribution is 0.794. The minimum Gasteiger partial charge on any atom is -0.309 e. The van der Waals surface area contributed by atoms with Gasteiger partial charge in [-0.05, 0) is 168 Å². The molecule has 1 nitrogen and oxygen atoms in total. The molecule has 1 heteroatoms. The molecule has 0 atom stereocenters. The lowest BCUT2D eigenvalue weighted by atomic mass is 9.70. The van der Waals surface area contributed by atoms with Gasteiger partial charge in [0, 0.05) is 16.5 Å². The van der Waals surface area contributed by atoms with Gasteiger partial charge in [0.15, 0.2) is 0 Å². The maximum absolute atomic E-state index is 2.50. The molecule has 318 valence electrons. The van der Waals surface area contributed by atoms with Crippen molar-refractivity contribution in [2.45, 2.75) is 19.3 Å². The minimum atomic E-state index is -0.387. The van der Waals surface area contributed by atoms with Crippen LogP contribution in [0.25, 0.3) is 105 Å². The van der Waals surface area contributed by atoms with E-state index in [2.05, 4.69) is 255 Å². The maximum atomic E-state index is 2.50. The summed E-state index contributed by atoms with van der Waals surface area (Å²) in [5, 5.41) is 5.04. The first-order valence-electron chi connectivity index (χ1n) is 23.8. The fourth-order valence-corrected chi connectivity index (χ4v) is 12.2. The molecular formula is C67H45N. The molecule has 1 aromatic heterocycles. The number of rotatable bonds is 5. The van der Waals surface area contributed by atoms with Gasteiger partial charge < -0.3 is 4.57 Å². The van der Waals surface area contributed by atoms with E-state index in [0.29, 0.717) is 0 Å². The van der Waals surface area contributed by atoms with Gasteiger partial charge in [0.1, 0.15) is 0 Å². The molecule has 1 spiro atoms. The Morgan fingerprint density at radius 2 is 0.779 bits per heavy atom. The van der Waals surface area contributed by atoms with Crippen LogP contribution in [0, 0.1) is 13.8 Å². The molecular weight excluding hydrogens is 819 g/mol. The fourth-order valence-electron chi connectivity index (χ4n) is 12.2. The van der Waals surface area contributed by atoms with Crippen LogP contribution in [0.15, 0.2) is 237 Å². The quantitative estimate of drug-likeness (QED) is 0.162. The van der Waals surface area contributed by atoms with Crippen LogP contribution in [0.3, 0.4) is 0 Å². The Hall–Kier alpha value is -8.52. The third-order valence-electron chi connectivity index (χ3n) is 15.0. The van der Waals surface area contributed by atoms with Crippen LogP contribution in [0.1, 0.15) is 33.4 Å². The van der Waals surface area contributed by atoms with Crippen LogP contribution in [0.4, 0.5) is 0 Å². The first-order chi connectivity index (χ1) is 33.5. The van der Waals surface area contributed by atoms with Gasteiger partial charge in [-0.25, -0.2) is 0 Å². The maximum Gasteiger partial charge on any atom is 0.0725 e. The van der Waals surface area contributed by atoms with Gasteiger partial charge in [0.2, 0.25) is 0 Å². The van der Waals surface area contributed by atoms with Gasteiger partial charge in [-0.15, -0.1) is 0 Å². The minimum absolute atomic E-state index is 0.387. The Morgan fingerprint density at radius 1 is 0.294 bits per heavy atom. The van der Waals surface area contributed by atoms with Crippen LogP contribution >= 0.6 is 0 Å². The Kier molecular flexibility index (Phi) is 8.40. The van der Waals surface area contributed by atoms with E-state index in [4.69, 9.17) is 0 Å². The molecule has 14 rings (SSSR count). The molecule has 68 heavy (non-hydrogen) atoms. The summed E-state index contributed by atoms with van der Waals surface area (Å²) in [6, 6.07) is 88.9. The molecule has 2 aliphatic rings. The number of benzene rings is 11. The summed E-state index contributed by atoms with van der Waals surface area (Å²) in [4.78, 5) is 0. The number of nitrogens with zero attached hydrogens (tertiary/aromatic N) is 1. The van der Waals surface area contributed by atoms with E-state index in [1.165, 1.54) is 133 Å². The third-order valence-corrected chi connectivity index (χ3v) is 15.0.